The van der Waals surface area contributed by atoms with Crippen molar-refractivity contribution in [1.82, 2.24) is 9.88 Å². The van der Waals surface area contributed by atoms with E-state index in [9.17, 15) is 9.90 Å². The Bertz CT molecular complexity index is 967. The van der Waals surface area contributed by atoms with Gasteiger partial charge in [-0.25, -0.2) is 4.79 Å². The van der Waals surface area contributed by atoms with Crippen LogP contribution in [0.4, 0.5) is 0 Å². The summed E-state index contributed by atoms with van der Waals surface area (Å²) < 4.78 is 2.04. The minimum absolute atomic E-state index is 0.404. The number of rotatable bonds is 7. The molecular weight excluding hydrogens is 348 g/mol. The molecule has 1 heterocycles. The minimum Gasteiger partial charge on any atom is -0.478 e. The van der Waals surface area contributed by atoms with Gasteiger partial charge in [-0.05, 0) is 58.4 Å². The second-order valence-electron chi connectivity index (χ2n) is 7.41. The molecule has 0 atom stereocenters. The van der Waals surface area contributed by atoms with Crippen molar-refractivity contribution in [2.24, 2.45) is 0 Å². The standard InChI is InChI=1S/C24H28N2O2/c1-16-5-9-20(10-6-16)13-14-25-15-22-18(3)26(19(4)23(22)24(27)28)21-11-7-17(2)8-12-21/h5-12,25H,13-15H2,1-4H3,(H,27,28). The Hall–Kier alpha value is -2.85. The minimum atomic E-state index is -0.873. The van der Waals surface area contributed by atoms with Crippen LogP contribution in [0.25, 0.3) is 5.69 Å². The van der Waals surface area contributed by atoms with Crippen molar-refractivity contribution in [2.45, 2.75) is 40.7 Å². The SMILES string of the molecule is Cc1ccc(CCNCc2c(C(=O)O)c(C)n(-c3ccc(C)cc3)c2C)cc1. The molecule has 0 aliphatic rings. The summed E-state index contributed by atoms with van der Waals surface area (Å²) in [5.41, 5.74) is 7.71. The molecular formula is C24H28N2O2. The van der Waals surface area contributed by atoms with Crippen LogP contribution < -0.4 is 5.32 Å². The van der Waals surface area contributed by atoms with Gasteiger partial charge in [-0.1, -0.05) is 47.5 Å². The Kier molecular flexibility index (Phi) is 6.00. The summed E-state index contributed by atoms with van der Waals surface area (Å²) in [5.74, 6) is -0.873. The van der Waals surface area contributed by atoms with Gasteiger partial charge < -0.3 is 15.0 Å². The molecule has 0 saturated heterocycles. The van der Waals surface area contributed by atoms with E-state index in [0.717, 1.165) is 35.6 Å². The largest absolute Gasteiger partial charge is 0.478 e. The van der Waals surface area contributed by atoms with Crippen molar-refractivity contribution in [1.29, 1.82) is 0 Å². The van der Waals surface area contributed by atoms with Gasteiger partial charge in [0.1, 0.15) is 0 Å². The predicted molar refractivity (Wildman–Crippen MR) is 114 cm³/mol. The van der Waals surface area contributed by atoms with Crippen LogP contribution in [0.5, 0.6) is 0 Å². The van der Waals surface area contributed by atoms with Gasteiger partial charge in [-0.15, -0.1) is 0 Å². The van der Waals surface area contributed by atoms with Gasteiger partial charge >= 0.3 is 5.97 Å². The van der Waals surface area contributed by atoms with Crippen LogP contribution in [-0.4, -0.2) is 22.2 Å². The van der Waals surface area contributed by atoms with Gasteiger partial charge in [-0.3, -0.25) is 0 Å². The maximum Gasteiger partial charge on any atom is 0.337 e. The van der Waals surface area contributed by atoms with E-state index >= 15 is 0 Å². The van der Waals surface area contributed by atoms with Crippen LogP contribution in [0.1, 0.15) is 44.0 Å². The first-order valence-corrected chi connectivity index (χ1v) is 9.66. The first-order valence-electron chi connectivity index (χ1n) is 9.66. The maximum absolute atomic E-state index is 11.9. The molecule has 1 aromatic heterocycles. The second kappa shape index (κ2) is 8.44. The molecule has 3 rings (SSSR count). The summed E-state index contributed by atoms with van der Waals surface area (Å²) in [6, 6.07) is 16.7. The van der Waals surface area contributed by atoms with Crippen LogP contribution >= 0.6 is 0 Å². The number of aromatic nitrogens is 1. The number of carboxylic acid groups (broad SMARTS) is 1. The summed E-state index contributed by atoms with van der Waals surface area (Å²) in [5, 5.41) is 13.2. The molecule has 4 nitrogen and oxygen atoms in total. The zero-order valence-electron chi connectivity index (χ0n) is 17.0. The highest BCUT2D eigenvalue weighted by atomic mass is 16.4. The number of hydrogen-bond donors (Lipinski definition) is 2. The highest BCUT2D eigenvalue weighted by Crippen LogP contribution is 2.26. The molecule has 0 fully saturated rings. The summed E-state index contributed by atoms with van der Waals surface area (Å²) >= 11 is 0. The van der Waals surface area contributed by atoms with E-state index in [1.807, 2.05) is 49.6 Å². The van der Waals surface area contributed by atoms with Gasteiger partial charge in [0.25, 0.3) is 0 Å². The molecule has 3 aromatic rings. The summed E-state index contributed by atoms with van der Waals surface area (Å²) in [6.07, 6.45) is 0.916. The fourth-order valence-electron chi connectivity index (χ4n) is 3.68. The first kappa shape index (κ1) is 19.9. The number of nitrogens with zero attached hydrogens (tertiary/aromatic N) is 1. The quantitative estimate of drug-likeness (QED) is 0.586. The van der Waals surface area contributed by atoms with E-state index < -0.39 is 5.97 Å². The topological polar surface area (TPSA) is 54.3 Å². The number of carbonyl (C=O) groups is 1. The molecule has 4 heteroatoms. The molecule has 2 aromatic carbocycles. The first-order chi connectivity index (χ1) is 13.4. The van der Waals surface area contributed by atoms with Crippen molar-refractivity contribution < 1.29 is 9.90 Å². The zero-order valence-corrected chi connectivity index (χ0v) is 17.0. The van der Waals surface area contributed by atoms with Crippen molar-refractivity contribution in [3.8, 4) is 5.69 Å². The fourth-order valence-corrected chi connectivity index (χ4v) is 3.68. The molecule has 0 spiro atoms. The lowest BCUT2D eigenvalue weighted by Gasteiger charge is -2.10. The van der Waals surface area contributed by atoms with Crippen LogP contribution in [-0.2, 0) is 13.0 Å². The zero-order chi connectivity index (χ0) is 20.3. The molecule has 0 bridgehead atoms. The van der Waals surface area contributed by atoms with Gasteiger partial charge in [-0.2, -0.15) is 0 Å². The monoisotopic (exact) mass is 376 g/mol. The van der Waals surface area contributed by atoms with Gasteiger partial charge in [0.2, 0.25) is 0 Å². The summed E-state index contributed by atoms with van der Waals surface area (Å²) in [6.45, 7) is 9.35. The van der Waals surface area contributed by atoms with E-state index in [2.05, 4.69) is 36.5 Å². The smallest absolute Gasteiger partial charge is 0.337 e. The Morgan fingerprint density at radius 3 is 2.04 bits per heavy atom. The van der Waals surface area contributed by atoms with Crippen LogP contribution in [0.3, 0.4) is 0 Å². The Labute approximate surface area is 166 Å². The predicted octanol–water partition coefficient (Wildman–Crippen LogP) is 4.74. The third-order valence-electron chi connectivity index (χ3n) is 5.29. The molecule has 28 heavy (non-hydrogen) atoms. The van der Waals surface area contributed by atoms with E-state index in [4.69, 9.17) is 0 Å². The lowest BCUT2D eigenvalue weighted by atomic mass is 10.1. The third kappa shape index (κ3) is 4.18. The summed E-state index contributed by atoms with van der Waals surface area (Å²) in [4.78, 5) is 11.9. The van der Waals surface area contributed by atoms with Crippen LogP contribution in [0.2, 0.25) is 0 Å². The Balaban J connectivity index is 1.79. The second-order valence-corrected chi connectivity index (χ2v) is 7.41. The van der Waals surface area contributed by atoms with Crippen molar-refractivity contribution >= 4 is 5.97 Å². The summed E-state index contributed by atoms with van der Waals surface area (Å²) in [7, 11) is 0. The fraction of sp³-hybridized carbons (Fsp3) is 0.292. The highest BCUT2D eigenvalue weighted by molar-refractivity contribution is 5.91. The van der Waals surface area contributed by atoms with Crippen molar-refractivity contribution in [3.05, 3.63) is 87.7 Å². The number of aryl methyl sites for hydroxylation is 2. The number of hydrogen-bond acceptors (Lipinski definition) is 2. The number of aromatic carboxylic acids is 1. The molecule has 0 amide bonds. The number of benzene rings is 2. The maximum atomic E-state index is 11.9. The lowest BCUT2D eigenvalue weighted by Crippen LogP contribution is -2.18. The van der Waals surface area contributed by atoms with E-state index in [-0.39, 0.29) is 0 Å². The molecule has 146 valence electrons. The third-order valence-corrected chi connectivity index (χ3v) is 5.29. The van der Waals surface area contributed by atoms with E-state index in [0.29, 0.717) is 12.1 Å². The lowest BCUT2D eigenvalue weighted by molar-refractivity contribution is 0.0695. The van der Waals surface area contributed by atoms with Gasteiger partial charge in [0.15, 0.2) is 0 Å². The Morgan fingerprint density at radius 2 is 1.46 bits per heavy atom. The molecule has 0 aliphatic heterocycles. The van der Waals surface area contributed by atoms with Gasteiger partial charge in [0.05, 0.1) is 5.56 Å². The number of nitrogens with one attached hydrogen (secondary N) is 1. The van der Waals surface area contributed by atoms with Crippen molar-refractivity contribution in [3.63, 3.8) is 0 Å². The molecule has 0 aliphatic carbocycles. The van der Waals surface area contributed by atoms with E-state index in [1.54, 1.807) is 0 Å². The molecule has 0 saturated carbocycles. The van der Waals surface area contributed by atoms with Crippen LogP contribution in [0.15, 0.2) is 48.5 Å². The average molecular weight is 377 g/mol. The molecule has 0 radical (unpaired) electrons. The number of carboxylic acids is 1. The van der Waals surface area contributed by atoms with Gasteiger partial charge in [0, 0.05) is 29.2 Å². The molecule has 2 N–H and O–H groups in total. The Morgan fingerprint density at radius 1 is 0.893 bits per heavy atom. The van der Waals surface area contributed by atoms with Crippen molar-refractivity contribution in [2.75, 3.05) is 6.54 Å². The normalized spacial score (nSPS) is 11.0. The molecule has 0 unspecified atom stereocenters. The van der Waals surface area contributed by atoms with E-state index in [1.165, 1.54) is 16.7 Å². The van der Waals surface area contributed by atoms with Crippen LogP contribution in [0, 0.1) is 27.7 Å². The average Bonchev–Trinajstić information content (AvgIpc) is 2.91. The highest BCUT2D eigenvalue weighted by Gasteiger charge is 2.23.